The van der Waals surface area contributed by atoms with E-state index in [1.54, 1.807) is 4.68 Å². The Hall–Kier alpha value is -2.70. The van der Waals surface area contributed by atoms with Crippen molar-refractivity contribution in [3.8, 4) is 5.69 Å². The SMILES string of the molecule is Cc1cc(C)n(-c2ccc([N+](=O)[O-])c(C(=O)O)c2)n1. The van der Waals surface area contributed by atoms with Crippen LogP contribution >= 0.6 is 0 Å². The summed E-state index contributed by atoms with van der Waals surface area (Å²) in [5, 5.41) is 24.0. The highest BCUT2D eigenvalue weighted by Gasteiger charge is 2.20. The molecule has 0 radical (unpaired) electrons. The molecule has 1 N–H and O–H groups in total. The third-order valence-corrected chi connectivity index (χ3v) is 2.66. The summed E-state index contributed by atoms with van der Waals surface area (Å²) >= 11 is 0. The first-order valence-electron chi connectivity index (χ1n) is 5.45. The number of aryl methyl sites for hydroxylation is 2. The fraction of sp³-hybridized carbons (Fsp3) is 0.167. The van der Waals surface area contributed by atoms with Gasteiger partial charge in [0.2, 0.25) is 0 Å². The van der Waals surface area contributed by atoms with Crippen molar-refractivity contribution in [3.63, 3.8) is 0 Å². The van der Waals surface area contributed by atoms with Gasteiger partial charge in [-0.2, -0.15) is 5.10 Å². The quantitative estimate of drug-likeness (QED) is 0.673. The summed E-state index contributed by atoms with van der Waals surface area (Å²) in [5.41, 5.74) is 1.30. The molecule has 0 atom stereocenters. The van der Waals surface area contributed by atoms with Gasteiger partial charge in [0, 0.05) is 11.8 Å². The van der Waals surface area contributed by atoms with E-state index in [0.29, 0.717) is 5.69 Å². The monoisotopic (exact) mass is 261 g/mol. The molecule has 7 nitrogen and oxygen atoms in total. The van der Waals surface area contributed by atoms with Crippen LogP contribution in [-0.4, -0.2) is 25.8 Å². The molecule has 0 aliphatic rings. The maximum atomic E-state index is 11.1. The number of benzene rings is 1. The molecule has 0 aliphatic heterocycles. The first kappa shape index (κ1) is 12.7. The molecule has 0 saturated carbocycles. The normalized spacial score (nSPS) is 10.4. The van der Waals surface area contributed by atoms with Gasteiger partial charge in [-0.05, 0) is 32.0 Å². The zero-order chi connectivity index (χ0) is 14.2. The number of aromatic carboxylic acids is 1. The minimum atomic E-state index is -1.34. The number of rotatable bonds is 3. The predicted octanol–water partition coefficient (Wildman–Crippen LogP) is 2.10. The number of carboxylic acids is 1. The number of carboxylic acid groups (broad SMARTS) is 1. The number of hydrogen-bond donors (Lipinski definition) is 1. The summed E-state index contributed by atoms with van der Waals surface area (Å²) < 4.78 is 1.55. The molecular formula is C12H11N3O4. The first-order chi connectivity index (χ1) is 8.90. The van der Waals surface area contributed by atoms with Crippen LogP contribution < -0.4 is 0 Å². The molecule has 0 amide bonds. The Labute approximate surface area is 108 Å². The van der Waals surface area contributed by atoms with Crippen molar-refractivity contribution in [1.29, 1.82) is 0 Å². The van der Waals surface area contributed by atoms with E-state index in [0.717, 1.165) is 11.4 Å². The van der Waals surface area contributed by atoms with E-state index in [4.69, 9.17) is 5.11 Å². The summed E-state index contributed by atoms with van der Waals surface area (Å²) in [7, 11) is 0. The average molecular weight is 261 g/mol. The highest BCUT2D eigenvalue weighted by molar-refractivity contribution is 5.93. The van der Waals surface area contributed by atoms with Crippen molar-refractivity contribution < 1.29 is 14.8 Å². The summed E-state index contributed by atoms with van der Waals surface area (Å²) in [6.07, 6.45) is 0. The highest BCUT2D eigenvalue weighted by Crippen LogP contribution is 2.22. The Morgan fingerprint density at radius 1 is 1.37 bits per heavy atom. The summed E-state index contributed by atoms with van der Waals surface area (Å²) in [4.78, 5) is 21.1. The smallest absolute Gasteiger partial charge is 0.342 e. The van der Waals surface area contributed by atoms with Gasteiger partial charge in [-0.3, -0.25) is 10.1 Å². The Kier molecular flexibility index (Phi) is 3.04. The standard InChI is InChI=1S/C12H11N3O4/c1-7-5-8(2)14(13-7)9-3-4-11(15(18)19)10(6-9)12(16)17/h3-6H,1-2H3,(H,16,17). The molecule has 19 heavy (non-hydrogen) atoms. The van der Waals surface area contributed by atoms with E-state index in [1.165, 1.54) is 18.2 Å². The van der Waals surface area contributed by atoms with Gasteiger partial charge in [0.1, 0.15) is 5.56 Å². The maximum Gasteiger partial charge on any atom is 0.342 e. The van der Waals surface area contributed by atoms with Gasteiger partial charge in [-0.15, -0.1) is 0 Å². The van der Waals surface area contributed by atoms with Gasteiger partial charge < -0.3 is 5.11 Å². The Morgan fingerprint density at radius 2 is 2.05 bits per heavy atom. The fourth-order valence-corrected chi connectivity index (χ4v) is 1.88. The second kappa shape index (κ2) is 4.52. The maximum absolute atomic E-state index is 11.1. The number of nitrogens with zero attached hydrogens (tertiary/aromatic N) is 3. The van der Waals surface area contributed by atoms with E-state index in [2.05, 4.69) is 5.10 Å². The van der Waals surface area contributed by atoms with E-state index in [-0.39, 0.29) is 5.56 Å². The van der Waals surface area contributed by atoms with Crippen molar-refractivity contribution >= 4 is 11.7 Å². The molecule has 98 valence electrons. The van der Waals surface area contributed by atoms with Crippen LogP contribution in [-0.2, 0) is 0 Å². The Balaban J connectivity index is 2.61. The molecule has 1 aromatic carbocycles. The summed E-state index contributed by atoms with van der Waals surface area (Å²) in [5.74, 6) is -1.34. The second-order valence-corrected chi connectivity index (χ2v) is 4.10. The van der Waals surface area contributed by atoms with Crippen molar-refractivity contribution in [2.45, 2.75) is 13.8 Å². The fourth-order valence-electron chi connectivity index (χ4n) is 1.88. The van der Waals surface area contributed by atoms with Crippen LogP contribution in [0.1, 0.15) is 21.7 Å². The van der Waals surface area contributed by atoms with E-state index in [1.807, 2.05) is 19.9 Å². The molecular weight excluding hydrogens is 250 g/mol. The van der Waals surface area contributed by atoms with Gasteiger partial charge >= 0.3 is 5.97 Å². The third kappa shape index (κ3) is 2.30. The van der Waals surface area contributed by atoms with E-state index in [9.17, 15) is 14.9 Å². The molecule has 2 rings (SSSR count). The van der Waals surface area contributed by atoms with Crippen LogP contribution in [0.2, 0.25) is 0 Å². The lowest BCUT2D eigenvalue weighted by Gasteiger charge is -2.05. The van der Waals surface area contributed by atoms with Gasteiger partial charge in [-0.25, -0.2) is 9.48 Å². The van der Waals surface area contributed by atoms with Crippen molar-refractivity contribution in [1.82, 2.24) is 9.78 Å². The molecule has 2 aromatic rings. The Morgan fingerprint density at radius 3 is 2.53 bits per heavy atom. The number of nitro benzene ring substituents is 1. The van der Waals surface area contributed by atoms with Crippen LogP contribution in [0.5, 0.6) is 0 Å². The van der Waals surface area contributed by atoms with E-state index >= 15 is 0 Å². The first-order valence-corrected chi connectivity index (χ1v) is 5.45. The number of aromatic nitrogens is 2. The molecule has 1 aromatic heterocycles. The van der Waals surface area contributed by atoms with Crippen LogP contribution in [0, 0.1) is 24.0 Å². The third-order valence-electron chi connectivity index (χ3n) is 2.66. The van der Waals surface area contributed by atoms with Crippen LogP contribution in [0.15, 0.2) is 24.3 Å². The van der Waals surface area contributed by atoms with Gasteiger partial charge in [0.25, 0.3) is 5.69 Å². The van der Waals surface area contributed by atoms with Gasteiger partial charge in [0.15, 0.2) is 0 Å². The van der Waals surface area contributed by atoms with Crippen LogP contribution in [0.4, 0.5) is 5.69 Å². The molecule has 0 spiro atoms. The zero-order valence-corrected chi connectivity index (χ0v) is 10.3. The average Bonchev–Trinajstić information content (AvgIpc) is 2.67. The molecule has 1 heterocycles. The summed E-state index contributed by atoms with van der Waals surface area (Å²) in [6, 6.07) is 5.74. The van der Waals surface area contributed by atoms with Crippen molar-refractivity contribution in [2.75, 3.05) is 0 Å². The topological polar surface area (TPSA) is 98.3 Å². The van der Waals surface area contributed by atoms with Crippen LogP contribution in [0.25, 0.3) is 5.69 Å². The second-order valence-electron chi connectivity index (χ2n) is 4.10. The summed E-state index contributed by atoms with van der Waals surface area (Å²) in [6.45, 7) is 3.63. The Bertz CT molecular complexity index is 676. The van der Waals surface area contributed by atoms with Crippen LogP contribution in [0.3, 0.4) is 0 Å². The molecule has 0 saturated heterocycles. The lowest BCUT2D eigenvalue weighted by molar-refractivity contribution is -0.385. The minimum absolute atomic E-state index is 0.352. The largest absolute Gasteiger partial charge is 0.477 e. The number of hydrogen-bond acceptors (Lipinski definition) is 4. The highest BCUT2D eigenvalue weighted by atomic mass is 16.6. The molecule has 0 aliphatic carbocycles. The van der Waals surface area contributed by atoms with Gasteiger partial charge in [-0.1, -0.05) is 0 Å². The molecule has 0 bridgehead atoms. The predicted molar refractivity (Wildman–Crippen MR) is 66.7 cm³/mol. The van der Waals surface area contributed by atoms with Crippen molar-refractivity contribution in [3.05, 3.63) is 51.3 Å². The zero-order valence-electron chi connectivity index (χ0n) is 10.3. The lowest BCUT2D eigenvalue weighted by atomic mass is 10.1. The number of carbonyl (C=O) groups is 1. The molecule has 7 heteroatoms. The lowest BCUT2D eigenvalue weighted by Crippen LogP contribution is -2.06. The molecule has 0 fully saturated rings. The van der Waals surface area contributed by atoms with E-state index < -0.39 is 16.6 Å². The molecule has 0 unspecified atom stereocenters. The minimum Gasteiger partial charge on any atom is -0.477 e. The number of nitro groups is 1. The van der Waals surface area contributed by atoms with Gasteiger partial charge in [0.05, 0.1) is 16.3 Å². The van der Waals surface area contributed by atoms with Crippen molar-refractivity contribution in [2.24, 2.45) is 0 Å².